The van der Waals surface area contributed by atoms with E-state index in [0.717, 1.165) is 22.4 Å². The summed E-state index contributed by atoms with van der Waals surface area (Å²) in [7, 11) is 0. The van der Waals surface area contributed by atoms with Crippen LogP contribution >= 0.6 is 0 Å². The summed E-state index contributed by atoms with van der Waals surface area (Å²) in [6.45, 7) is 4.46. The number of benzene rings is 2. The van der Waals surface area contributed by atoms with E-state index in [4.69, 9.17) is 5.73 Å². The van der Waals surface area contributed by atoms with E-state index in [2.05, 4.69) is 4.99 Å². The molecule has 1 atom stereocenters. The second-order valence-corrected chi connectivity index (χ2v) is 5.42. The van der Waals surface area contributed by atoms with Crippen molar-refractivity contribution in [2.24, 2.45) is 10.7 Å². The Morgan fingerprint density at radius 1 is 1.14 bits per heavy atom. The van der Waals surface area contributed by atoms with Gasteiger partial charge in [-0.05, 0) is 42.7 Å². The minimum Gasteiger partial charge on any atom is -0.507 e. The van der Waals surface area contributed by atoms with E-state index in [-0.39, 0.29) is 6.04 Å². The Hall–Kier alpha value is -2.49. The summed E-state index contributed by atoms with van der Waals surface area (Å²) >= 11 is 0. The minimum atomic E-state index is 0.0744. The highest BCUT2D eigenvalue weighted by Gasteiger charge is 2.29. The lowest BCUT2D eigenvalue weighted by atomic mass is 9.99. The van der Waals surface area contributed by atoms with Crippen LogP contribution in [0.15, 0.2) is 47.5 Å². The maximum absolute atomic E-state index is 9.94. The van der Waals surface area contributed by atoms with Gasteiger partial charge in [-0.3, -0.25) is 4.99 Å². The van der Waals surface area contributed by atoms with Gasteiger partial charge in [0, 0.05) is 5.69 Å². The molecule has 2 aromatic carbocycles. The van der Waals surface area contributed by atoms with Gasteiger partial charge in [0.15, 0.2) is 5.96 Å². The minimum absolute atomic E-state index is 0.0744. The highest BCUT2D eigenvalue weighted by atomic mass is 16.3. The first-order valence-electron chi connectivity index (χ1n) is 7.02. The summed E-state index contributed by atoms with van der Waals surface area (Å²) in [6, 6.07) is 14.1. The fourth-order valence-electron chi connectivity index (χ4n) is 2.83. The molecule has 0 amide bonds. The molecule has 1 aliphatic rings. The van der Waals surface area contributed by atoms with Crippen LogP contribution in [0.4, 0.5) is 5.69 Å². The van der Waals surface area contributed by atoms with Crippen molar-refractivity contribution in [3.8, 4) is 5.75 Å². The van der Waals surface area contributed by atoms with Crippen molar-refractivity contribution in [2.75, 3.05) is 11.4 Å². The highest BCUT2D eigenvalue weighted by molar-refractivity contribution is 5.97. The van der Waals surface area contributed by atoms with Gasteiger partial charge in [-0.1, -0.05) is 30.3 Å². The number of aliphatic imine (C=N–C) groups is 1. The summed E-state index contributed by atoms with van der Waals surface area (Å²) in [5.41, 5.74) is 9.98. The van der Waals surface area contributed by atoms with Gasteiger partial charge in [-0.2, -0.15) is 0 Å². The molecule has 21 heavy (non-hydrogen) atoms. The van der Waals surface area contributed by atoms with Gasteiger partial charge in [0.1, 0.15) is 5.75 Å². The maximum Gasteiger partial charge on any atom is 0.196 e. The summed E-state index contributed by atoms with van der Waals surface area (Å²) in [5.74, 6) is 0.895. The van der Waals surface area contributed by atoms with E-state index in [1.165, 1.54) is 0 Å². The molecule has 0 bridgehead atoms. The highest BCUT2D eigenvalue weighted by Crippen LogP contribution is 2.34. The lowest BCUT2D eigenvalue weighted by molar-refractivity contribution is 0.466. The molecule has 2 aromatic rings. The second-order valence-electron chi connectivity index (χ2n) is 5.42. The van der Waals surface area contributed by atoms with E-state index < -0.39 is 0 Å². The number of aryl methyl sites for hydroxylation is 2. The number of hydrogen-bond acceptors (Lipinski definition) is 4. The normalized spacial score (nSPS) is 17.9. The molecule has 0 spiro atoms. The Morgan fingerprint density at radius 3 is 2.38 bits per heavy atom. The molecule has 0 saturated heterocycles. The molecule has 0 radical (unpaired) electrons. The van der Waals surface area contributed by atoms with Gasteiger partial charge >= 0.3 is 0 Å². The molecule has 0 fully saturated rings. The molecule has 108 valence electrons. The fraction of sp³-hybridized carbons (Fsp3) is 0.235. The van der Waals surface area contributed by atoms with Gasteiger partial charge in [0.25, 0.3) is 0 Å². The third-order valence-corrected chi connectivity index (χ3v) is 3.92. The molecule has 3 N–H and O–H groups in total. The number of nitrogens with two attached hydrogens (primary N) is 1. The molecule has 1 aliphatic heterocycles. The molecule has 0 saturated carbocycles. The number of phenolic OH excluding ortho intramolecular Hbond substituents is 1. The number of rotatable bonds is 2. The van der Waals surface area contributed by atoms with Gasteiger partial charge in [-0.25, -0.2) is 0 Å². The summed E-state index contributed by atoms with van der Waals surface area (Å²) in [6.07, 6.45) is 0. The molecule has 4 nitrogen and oxygen atoms in total. The lowest BCUT2D eigenvalue weighted by Crippen LogP contribution is -2.36. The van der Waals surface area contributed by atoms with Gasteiger partial charge in [0.05, 0.1) is 12.6 Å². The Labute approximate surface area is 124 Å². The summed E-state index contributed by atoms with van der Waals surface area (Å²) in [4.78, 5) is 6.44. The fourth-order valence-corrected chi connectivity index (χ4v) is 2.83. The van der Waals surface area contributed by atoms with Crippen LogP contribution in [0.5, 0.6) is 5.75 Å². The SMILES string of the molecule is Cc1cc(C2CN=C(N)N2c2ccccc2)cc(C)c1O. The number of guanidine groups is 1. The molecular weight excluding hydrogens is 262 g/mol. The first kappa shape index (κ1) is 13.5. The monoisotopic (exact) mass is 281 g/mol. The number of para-hydroxylation sites is 1. The molecule has 3 rings (SSSR count). The number of hydrogen-bond donors (Lipinski definition) is 2. The predicted octanol–water partition coefficient (Wildman–Crippen LogP) is 2.89. The third kappa shape index (κ3) is 2.33. The number of anilines is 1. The summed E-state index contributed by atoms with van der Waals surface area (Å²) in [5, 5.41) is 9.94. The van der Waals surface area contributed by atoms with Crippen LogP contribution in [0.1, 0.15) is 22.7 Å². The zero-order valence-electron chi connectivity index (χ0n) is 12.2. The molecular formula is C17H19N3O. The average molecular weight is 281 g/mol. The Morgan fingerprint density at radius 2 is 1.76 bits per heavy atom. The van der Waals surface area contributed by atoms with E-state index in [1.807, 2.05) is 61.2 Å². The van der Waals surface area contributed by atoms with Crippen LogP contribution in [-0.2, 0) is 0 Å². The standard InChI is InChI=1S/C17H19N3O/c1-11-8-13(9-12(2)16(11)21)15-10-19-17(18)20(15)14-6-4-3-5-7-14/h3-9,15,21H,10H2,1-2H3,(H2,18,19). The zero-order valence-corrected chi connectivity index (χ0v) is 12.2. The van der Waals surface area contributed by atoms with Crippen LogP contribution in [-0.4, -0.2) is 17.6 Å². The quantitative estimate of drug-likeness (QED) is 0.889. The van der Waals surface area contributed by atoms with Crippen molar-refractivity contribution in [3.05, 3.63) is 59.2 Å². The molecule has 1 heterocycles. The maximum atomic E-state index is 9.94. The molecule has 0 aliphatic carbocycles. The van der Waals surface area contributed by atoms with E-state index >= 15 is 0 Å². The van der Waals surface area contributed by atoms with Gasteiger partial charge in [0.2, 0.25) is 0 Å². The lowest BCUT2D eigenvalue weighted by Gasteiger charge is -2.27. The van der Waals surface area contributed by atoms with Crippen LogP contribution in [0, 0.1) is 13.8 Å². The van der Waals surface area contributed by atoms with Crippen molar-refractivity contribution in [2.45, 2.75) is 19.9 Å². The number of nitrogens with zero attached hydrogens (tertiary/aromatic N) is 2. The summed E-state index contributed by atoms with van der Waals surface area (Å²) < 4.78 is 0. The van der Waals surface area contributed by atoms with Gasteiger partial charge in [-0.15, -0.1) is 0 Å². The van der Waals surface area contributed by atoms with Crippen LogP contribution in [0.3, 0.4) is 0 Å². The number of phenols is 1. The molecule has 4 heteroatoms. The smallest absolute Gasteiger partial charge is 0.196 e. The first-order chi connectivity index (χ1) is 10.1. The third-order valence-electron chi connectivity index (χ3n) is 3.92. The second kappa shape index (κ2) is 5.13. The van der Waals surface area contributed by atoms with E-state index in [0.29, 0.717) is 18.3 Å². The van der Waals surface area contributed by atoms with Crippen LogP contribution in [0.2, 0.25) is 0 Å². The van der Waals surface area contributed by atoms with Crippen LogP contribution < -0.4 is 10.6 Å². The van der Waals surface area contributed by atoms with Crippen molar-refractivity contribution in [1.29, 1.82) is 0 Å². The van der Waals surface area contributed by atoms with Crippen molar-refractivity contribution >= 4 is 11.6 Å². The van der Waals surface area contributed by atoms with E-state index in [1.54, 1.807) is 0 Å². The van der Waals surface area contributed by atoms with Gasteiger partial charge < -0.3 is 15.7 Å². The molecule has 1 unspecified atom stereocenters. The average Bonchev–Trinajstić information content (AvgIpc) is 2.87. The zero-order chi connectivity index (χ0) is 15.0. The first-order valence-corrected chi connectivity index (χ1v) is 7.02. The topological polar surface area (TPSA) is 61.8 Å². The predicted molar refractivity (Wildman–Crippen MR) is 85.7 cm³/mol. The van der Waals surface area contributed by atoms with Crippen LogP contribution in [0.25, 0.3) is 0 Å². The van der Waals surface area contributed by atoms with Crippen molar-refractivity contribution in [3.63, 3.8) is 0 Å². The Kier molecular flexibility index (Phi) is 3.29. The van der Waals surface area contributed by atoms with Crippen molar-refractivity contribution < 1.29 is 5.11 Å². The Balaban J connectivity index is 2.03. The largest absolute Gasteiger partial charge is 0.507 e. The van der Waals surface area contributed by atoms with Crippen molar-refractivity contribution in [1.82, 2.24) is 0 Å². The molecule has 0 aromatic heterocycles. The number of aromatic hydroxyl groups is 1. The Bertz CT molecular complexity index is 671. The van der Waals surface area contributed by atoms with E-state index in [9.17, 15) is 5.11 Å².